The van der Waals surface area contributed by atoms with Gasteiger partial charge in [-0.1, -0.05) is 23.4 Å². The Morgan fingerprint density at radius 1 is 1.30 bits per heavy atom. The predicted molar refractivity (Wildman–Crippen MR) is 78.6 cm³/mol. The van der Waals surface area contributed by atoms with Crippen LogP contribution in [0.5, 0.6) is 0 Å². The second kappa shape index (κ2) is 4.79. The van der Waals surface area contributed by atoms with Crippen LogP contribution in [0.3, 0.4) is 0 Å². The Morgan fingerprint density at radius 2 is 2.05 bits per heavy atom. The molecule has 0 radical (unpaired) electrons. The third-order valence-corrected chi connectivity index (χ3v) is 3.69. The highest BCUT2D eigenvalue weighted by atomic mass is 79.9. The second-order valence-electron chi connectivity index (χ2n) is 4.52. The lowest BCUT2D eigenvalue weighted by Crippen LogP contribution is -2.11. The minimum Gasteiger partial charge on any atom is -0.285 e. The maximum absolute atomic E-state index is 12.6. The Hall–Kier alpha value is -2.08. The fraction of sp³-hybridized carbons (Fsp3) is 0.143. The zero-order chi connectivity index (χ0) is 14.3. The van der Waals surface area contributed by atoms with Gasteiger partial charge in [-0.05, 0) is 40.5 Å². The molecule has 0 aliphatic rings. The Bertz CT molecular complexity index is 806. The highest BCUT2D eigenvalue weighted by Gasteiger charge is 2.20. The fourth-order valence-electron chi connectivity index (χ4n) is 2.16. The molecule has 0 aliphatic heterocycles. The van der Waals surface area contributed by atoms with Crippen molar-refractivity contribution in [2.24, 2.45) is 7.05 Å². The Balaban J connectivity index is 2.18. The Kier molecular flexibility index (Phi) is 3.10. The summed E-state index contributed by atoms with van der Waals surface area (Å²) in [6, 6.07) is 9.55. The van der Waals surface area contributed by atoms with Gasteiger partial charge in [0.25, 0.3) is 0 Å². The summed E-state index contributed by atoms with van der Waals surface area (Å²) in [7, 11) is 1.68. The van der Waals surface area contributed by atoms with Crippen LogP contribution in [0.15, 0.2) is 34.9 Å². The summed E-state index contributed by atoms with van der Waals surface area (Å²) in [4.78, 5) is 17.0. The van der Waals surface area contributed by atoms with E-state index in [1.807, 2.05) is 31.2 Å². The standard InChI is InChI=1S/C14H11BrN4O/c1-8-7-11(16-10-6-4-3-5-9(8)10)13(20)12-14(15)17-18-19(12)2/h3-7H,1-2H3. The number of carbonyl (C=O) groups excluding carboxylic acids is 1. The summed E-state index contributed by atoms with van der Waals surface area (Å²) in [5.41, 5.74) is 2.62. The number of rotatable bonds is 2. The van der Waals surface area contributed by atoms with Crippen LogP contribution < -0.4 is 0 Å². The predicted octanol–water partition coefficient (Wildman–Crippen LogP) is 2.67. The number of hydrogen-bond acceptors (Lipinski definition) is 4. The number of halogens is 1. The van der Waals surface area contributed by atoms with Crippen molar-refractivity contribution < 1.29 is 4.79 Å². The first kappa shape index (κ1) is 12.9. The van der Waals surface area contributed by atoms with Gasteiger partial charge < -0.3 is 0 Å². The van der Waals surface area contributed by atoms with Crippen molar-refractivity contribution in [2.75, 3.05) is 0 Å². The molecule has 0 saturated carbocycles. The van der Waals surface area contributed by atoms with Crippen LogP contribution in [0, 0.1) is 6.92 Å². The van der Waals surface area contributed by atoms with E-state index in [1.165, 1.54) is 4.68 Å². The number of aryl methyl sites for hydroxylation is 2. The number of carbonyl (C=O) groups is 1. The number of nitrogens with zero attached hydrogens (tertiary/aromatic N) is 4. The van der Waals surface area contributed by atoms with E-state index >= 15 is 0 Å². The lowest BCUT2D eigenvalue weighted by atomic mass is 10.1. The van der Waals surface area contributed by atoms with E-state index in [4.69, 9.17) is 0 Å². The van der Waals surface area contributed by atoms with Crippen LogP contribution in [0.4, 0.5) is 0 Å². The molecule has 5 nitrogen and oxygen atoms in total. The van der Waals surface area contributed by atoms with Gasteiger partial charge in [-0.2, -0.15) is 0 Å². The maximum atomic E-state index is 12.6. The molecule has 0 N–H and O–H groups in total. The van der Waals surface area contributed by atoms with Crippen molar-refractivity contribution in [2.45, 2.75) is 6.92 Å². The molecule has 0 aliphatic carbocycles. The molecule has 0 amide bonds. The molecular weight excluding hydrogens is 320 g/mol. The highest BCUT2D eigenvalue weighted by molar-refractivity contribution is 9.10. The number of pyridine rings is 1. The molecule has 0 spiro atoms. The van der Waals surface area contributed by atoms with Crippen LogP contribution in [-0.4, -0.2) is 25.8 Å². The largest absolute Gasteiger partial charge is 0.285 e. The second-order valence-corrected chi connectivity index (χ2v) is 5.27. The monoisotopic (exact) mass is 330 g/mol. The van der Waals surface area contributed by atoms with Gasteiger partial charge in [0.2, 0.25) is 5.78 Å². The van der Waals surface area contributed by atoms with Gasteiger partial charge in [-0.15, -0.1) is 5.10 Å². The van der Waals surface area contributed by atoms with E-state index < -0.39 is 0 Å². The summed E-state index contributed by atoms with van der Waals surface area (Å²) in [6.07, 6.45) is 0. The molecule has 0 bridgehead atoms. The van der Waals surface area contributed by atoms with Crippen molar-refractivity contribution in [3.05, 3.63) is 51.9 Å². The van der Waals surface area contributed by atoms with E-state index in [0.29, 0.717) is 16.0 Å². The molecule has 3 aromatic rings. The Morgan fingerprint density at radius 3 is 2.75 bits per heavy atom. The van der Waals surface area contributed by atoms with Crippen LogP contribution in [0.2, 0.25) is 0 Å². The molecule has 2 aromatic heterocycles. The molecule has 20 heavy (non-hydrogen) atoms. The van der Waals surface area contributed by atoms with Gasteiger partial charge in [0.1, 0.15) is 11.4 Å². The van der Waals surface area contributed by atoms with Gasteiger partial charge in [-0.3, -0.25) is 4.79 Å². The third kappa shape index (κ3) is 2.02. The average Bonchev–Trinajstić information content (AvgIpc) is 2.77. The molecule has 2 heterocycles. The quantitative estimate of drug-likeness (QED) is 0.678. The van der Waals surface area contributed by atoms with Crippen molar-refractivity contribution in [1.29, 1.82) is 0 Å². The third-order valence-electron chi connectivity index (χ3n) is 3.16. The van der Waals surface area contributed by atoms with Gasteiger partial charge in [-0.25, -0.2) is 9.67 Å². The van der Waals surface area contributed by atoms with E-state index in [1.54, 1.807) is 13.1 Å². The first-order valence-corrected chi connectivity index (χ1v) is 6.83. The van der Waals surface area contributed by atoms with Crippen LogP contribution in [0.25, 0.3) is 10.9 Å². The smallest absolute Gasteiger partial charge is 0.232 e. The molecule has 0 saturated heterocycles. The SMILES string of the molecule is Cc1cc(C(=O)c2c(Br)nnn2C)nc2ccccc12. The topological polar surface area (TPSA) is 60.7 Å². The lowest BCUT2D eigenvalue weighted by molar-refractivity contribution is 0.102. The zero-order valence-corrected chi connectivity index (χ0v) is 12.5. The number of ketones is 1. The number of para-hydroxylation sites is 1. The molecular formula is C14H11BrN4O. The number of hydrogen-bond donors (Lipinski definition) is 0. The first-order chi connectivity index (χ1) is 9.58. The molecule has 0 unspecified atom stereocenters. The van der Waals surface area contributed by atoms with Gasteiger partial charge in [0.15, 0.2) is 4.60 Å². The molecule has 0 atom stereocenters. The molecule has 3 rings (SSSR count). The van der Waals surface area contributed by atoms with E-state index in [-0.39, 0.29) is 5.78 Å². The van der Waals surface area contributed by atoms with Crippen molar-refractivity contribution >= 4 is 32.6 Å². The first-order valence-electron chi connectivity index (χ1n) is 6.04. The number of benzene rings is 1. The zero-order valence-electron chi connectivity index (χ0n) is 11.0. The Labute approximate surface area is 123 Å². The minimum atomic E-state index is -0.196. The van der Waals surface area contributed by atoms with E-state index in [0.717, 1.165) is 16.5 Å². The molecule has 1 aromatic carbocycles. The van der Waals surface area contributed by atoms with Crippen LogP contribution >= 0.6 is 15.9 Å². The number of aromatic nitrogens is 4. The van der Waals surface area contributed by atoms with Crippen molar-refractivity contribution in [3.63, 3.8) is 0 Å². The molecule has 6 heteroatoms. The highest BCUT2D eigenvalue weighted by Crippen LogP contribution is 2.21. The summed E-state index contributed by atoms with van der Waals surface area (Å²) in [5.74, 6) is -0.196. The van der Waals surface area contributed by atoms with Gasteiger partial charge in [0, 0.05) is 12.4 Å². The van der Waals surface area contributed by atoms with Crippen molar-refractivity contribution in [3.8, 4) is 0 Å². The van der Waals surface area contributed by atoms with Crippen LogP contribution in [-0.2, 0) is 7.05 Å². The summed E-state index contributed by atoms with van der Waals surface area (Å²) >= 11 is 3.24. The lowest BCUT2D eigenvalue weighted by Gasteiger charge is -2.06. The van der Waals surface area contributed by atoms with Gasteiger partial charge in [0.05, 0.1) is 5.52 Å². The van der Waals surface area contributed by atoms with Gasteiger partial charge >= 0.3 is 0 Å². The molecule has 0 fully saturated rings. The van der Waals surface area contributed by atoms with Crippen molar-refractivity contribution in [1.82, 2.24) is 20.0 Å². The summed E-state index contributed by atoms with van der Waals surface area (Å²) in [5, 5.41) is 8.69. The van der Waals surface area contributed by atoms with Crippen LogP contribution in [0.1, 0.15) is 21.7 Å². The minimum absolute atomic E-state index is 0.196. The molecule has 100 valence electrons. The van der Waals surface area contributed by atoms with E-state index in [9.17, 15) is 4.79 Å². The number of fused-ring (bicyclic) bond motifs is 1. The fourth-order valence-corrected chi connectivity index (χ4v) is 2.67. The normalized spacial score (nSPS) is 10.9. The van der Waals surface area contributed by atoms with E-state index in [2.05, 4.69) is 31.2 Å². The summed E-state index contributed by atoms with van der Waals surface area (Å²) in [6.45, 7) is 1.97. The average molecular weight is 331 g/mol. The maximum Gasteiger partial charge on any atom is 0.232 e. The summed E-state index contributed by atoms with van der Waals surface area (Å²) < 4.78 is 1.87.